The van der Waals surface area contributed by atoms with E-state index in [1.807, 2.05) is 19.1 Å². The zero-order chi connectivity index (χ0) is 15.7. The van der Waals surface area contributed by atoms with Crippen molar-refractivity contribution in [3.63, 3.8) is 0 Å². The first kappa shape index (κ1) is 17.9. The molecule has 2 N–H and O–H groups in total. The van der Waals surface area contributed by atoms with Gasteiger partial charge < -0.3 is 19.9 Å². The number of aliphatic hydroxyl groups is 1. The van der Waals surface area contributed by atoms with Crippen molar-refractivity contribution in [1.82, 2.24) is 10.3 Å². The fraction of sp³-hybridized carbons (Fsp3) is 0.688. The van der Waals surface area contributed by atoms with Crippen LogP contribution in [0.15, 0.2) is 18.3 Å². The van der Waals surface area contributed by atoms with Gasteiger partial charge in [0.1, 0.15) is 0 Å². The summed E-state index contributed by atoms with van der Waals surface area (Å²) < 4.78 is 10.7. The van der Waals surface area contributed by atoms with Crippen LogP contribution in [0.1, 0.15) is 32.8 Å². The molecule has 0 aliphatic heterocycles. The summed E-state index contributed by atoms with van der Waals surface area (Å²) in [7, 11) is 1.60. The van der Waals surface area contributed by atoms with Crippen molar-refractivity contribution in [2.45, 2.75) is 45.9 Å². The van der Waals surface area contributed by atoms with Crippen molar-refractivity contribution in [2.75, 3.05) is 20.3 Å². The van der Waals surface area contributed by atoms with E-state index in [1.165, 1.54) is 0 Å². The third-order valence-electron chi connectivity index (χ3n) is 3.09. The molecule has 1 rings (SSSR count). The Labute approximate surface area is 127 Å². The van der Waals surface area contributed by atoms with Crippen LogP contribution in [0, 0.1) is 5.92 Å². The molecule has 0 aliphatic carbocycles. The highest BCUT2D eigenvalue weighted by Crippen LogP contribution is 2.09. The largest absolute Gasteiger partial charge is 0.481 e. The lowest BCUT2D eigenvalue weighted by molar-refractivity contribution is -0.00857. The summed E-state index contributed by atoms with van der Waals surface area (Å²) in [5, 5.41) is 13.1. The number of ether oxygens (including phenoxy) is 2. The summed E-state index contributed by atoms with van der Waals surface area (Å²) in [5.74, 6) is 1.21. The first-order chi connectivity index (χ1) is 10.0. The summed E-state index contributed by atoms with van der Waals surface area (Å²) in [6.07, 6.45) is 2.41. The molecule has 2 atom stereocenters. The third kappa shape index (κ3) is 7.99. The van der Waals surface area contributed by atoms with E-state index in [0.29, 0.717) is 31.5 Å². The molecule has 0 aliphatic rings. The lowest BCUT2D eigenvalue weighted by atomic mass is 10.1. The van der Waals surface area contributed by atoms with E-state index in [1.54, 1.807) is 13.3 Å². The lowest BCUT2D eigenvalue weighted by Crippen LogP contribution is -2.31. The van der Waals surface area contributed by atoms with Gasteiger partial charge in [0.15, 0.2) is 0 Å². The minimum atomic E-state index is -0.497. The second-order valence-electron chi connectivity index (χ2n) is 5.76. The topological polar surface area (TPSA) is 63.6 Å². The molecule has 0 radical (unpaired) electrons. The van der Waals surface area contributed by atoms with Crippen molar-refractivity contribution >= 4 is 0 Å². The van der Waals surface area contributed by atoms with Gasteiger partial charge in [-0.25, -0.2) is 4.98 Å². The Morgan fingerprint density at radius 1 is 1.33 bits per heavy atom. The second-order valence-corrected chi connectivity index (χ2v) is 5.76. The Kier molecular flexibility index (Phi) is 8.27. The molecule has 5 nitrogen and oxygen atoms in total. The molecule has 21 heavy (non-hydrogen) atoms. The molecule has 0 amide bonds. The molecule has 5 heteroatoms. The molecular weight excluding hydrogens is 268 g/mol. The fourth-order valence-corrected chi connectivity index (χ4v) is 2.12. The van der Waals surface area contributed by atoms with Crippen LogP contribution in [-0.2, 0) is 11.3 Å². The number of pyridine rings is 1. The standard InChI is InChI=1S/C16H28N2O3/c1-12(2)7-13(3)21-11-15(19)10-17-9-14-5-6-18-16(8-14)20-4/h5-6,8,12-13,15,17,19H,7,9-11H2,1-4H3. The van der Waals surface area contributed by atoms with Crippen LogP contribution >= 0.6 is 0 Å². The van der Waals surface area contributed by atoms with E-state index in [4.69, 9.17) is 9.47 Å². The summed E-state index contributed by atoms with van der Waals surface area (Å²) in [5.41, 5.74) is 1.07. The van der Waals surface area contributed by atoms with Crippen molar-refractivity contribution in [2.24, 2.45) is 5.92 Å². The first-order valence-corrected chi connectivity index (χ1v) is 7.50. The van der Waals surface area contributed by atoms with Gasteiger partial charge in [-0.1, -0.05) is 13.8 Å². The van der Waals surface area contributed by atoms with Crippen molar-refractivity contribution in [3.05, 3.63) is 23.9 Å². The van der Waals surface area contributed by atoms with E-state index < -0.39 is 6.10 Å². The average Bonchev–Trinajstić information content (AvgIpc) is 2.44. The van der Waals surface area contributed by atoms with Crippen LogP contribution < -0.4 is 10.1 Å². The van der Waals surface area contributed by atoms with E-state index in [2.05, 4.69) is 24.1 Å². The molecule has 0 spiro atoms. The number of aromatic nitrogens is 1. The minimum absolute atomic E-state index is 0.184. The number of methoxy groups -OCH3 is 1. The second kappa shape index (κ2) is 9.71. The maximum Gasteiger partial charge on any atom is 0.213 e. The quantitative estimate of drug-likeness (QED) is 0.691. The molecule has 1 heterocycles. The number of rotatable bonds is 10. The van der Waals surface area contributed by atoms with Crippen molar-refractivity contribution < 1.29 is 14.6 Å². The molecule has 0 saturated carbocycles. The monoisotopic (exact) mass is 296 g/mol. The molecular formula is C16H28N2O3. The van der Waals surface area contributed by atoms with Gasteiger partial charge >= 0.3 is 0 Å². The van der Waals surface area contributed by atoms with Gasteiger partial charge in [-0.3, -0.25) is 0 Å². The fourth-order valence-electron chi connectivity index (χ4n) is 2.12. The zero-order valence-corrected chi connectivity index (χ0v) is 13.5. The number of nitrogens with zero attached hydrogens (tertiary/aromatic N) is 1. The Morgan fingerprint density at radius 3 is 2.76 bits per heavy atom. The SMILES string of the molecule is COc1cc(CNCC(O)COC(C)CC(C)C)ccn1. The van der Waals surface area contributed by atoms with E-state index in [-0.39, 0.29) is 6.10 Å². The Balaban J connectivity index is 2.19. The number of hydrogen-bond acceptors (Lipinski definition) is 5. The van der Waals surface area contributed by atoms with Gasteiger partial charge in [-0.05, 0) is 30.9 Å². The van der Waals surface area contributed by atoms with Crippen LogP contribution in [0.4, 0.5) is 0 Å². The maximum atomic E-state index is 9.89. The van der Waals surface area contributed by atoms with E-state index in [0.717, 1.165) is 12.0 Å². The van der Waals surface area contributed by atoms with Crippen LogP contribution in [0.3, 0.4) is 0 Å². The number of aliphatic hydroxyl groups excluding tert-OH is 1. The van der Waals surface area contributed by atoms with Gasteiger partial charge in [0, 0.05) is 25.4 Å². The predicted octanol–water partition coefficient (Wildman–Crippen LogP) is 1.99. The Hall–Kier alpha value is -1.17. The van der Waals surface area contributed by atoms with Crippen LogP contribution in [0.5, 0.6) is 5.88 Å². The maximum absolute atomic E-state index is 9.89. The highest BCUT2D eigenvalue weighted by molar-refractivity contribution is 5.20. The summed E-state index contributed by atoms with van der Waals surface area (Å²) >= 11 is 0. The summed E-state index contributed by atoms with van der Waals surface area (Å²) in [6, 6.07) is 3.80. The highest BCUT2D eigenvalue weighted by atomic mass is 16.5. The van der Waals surface area contributed by atoms with Gasteiger partial charge in [0.2, 0.25) is 5.88 Å². The third-order valence-corrected chi connectivity index (χ3v) is 3.09. The van der Waals surface area contributed by atoms with Gasteiger partial charge in [0.25, 0.3) is 0 Å². The molecule has 0 bridgehead atoms. The highest BCUT2D eigenvalue weighted by Gasteiger charge is 2.09. The summed E-state index contributed by atoms with van der Waals surface area (Å²) in [6.45, 7) is 7.90. The zero-order valence-electron chi connectivity index (χ0n) is 13.5. The van der Waals surface area contributed by atoms with Gasteiger partial charge in [-0.2, -0.15) is 0 Å². The van der Waals surface area contributed by atoms with Gasteiger partial charge in [-0.15, -0.1) is 0 Å². The molecule has 1 aromatic heterocycles. The Morgan fingerprint density at radius 2 is 2.10 bits per heavy atom. The molecule has 2 unspecified atom stereocenters. The summed E-state index contributed by atoms with van der Waals surface area (Å²) in [4.78, 5) is 4.05. The van der Waals surface area contributed by atoms with Crippen LogP contribution in [0.2, 0.25) is 0 Å². The van der Waals surface area contributed by atoms with E-state index >= 15 is 0 Å². The normalized spacial score (nSPS) is 14.2. The Bertz CT molecular complexity index is 399. The first-order valence-electron chi connectivity index (χ1n) is 7.50. The number of hydrogen-bond donors (Lipinski definition) is 2. The molecule has 0 aromatic carbocycles. The molecule has 0 saturated heterocycles. The van der Waals surface area contributed by atoms with Crippen molar-refractivity contribution in [1.29, 1.82) is 0 Å². The lowest BCUT2D eigenvalue weighted by Gasteiger charge is -2.18. The van der Waals surface area contributed by atoms with Gasteiger partial charge in [0.05, 0.1) is 25.9 Å². The number of nitrogens with one attached hydrogen (secondary N) is 1. The minimum Gasteiger partial charge on any atom is -0.481 e. The smallest absolute Gasteiger partial charge is 0.213 e. The predicted molar refractivity (Wildman–Crippen MR) is 83.4 cm³/mol. The molecule has 1 aromatic rings. The van der Waals surface area contributed by atoms with Crippen LogP contribution in [0.25, 0.3) is 0 Å². The van der Waals surface area contributed by atoms with E-state index in [9.17, 15) is 5.11 Å². The average molecular weight is 296 g/mol. The molecule has 0 fully saturated rings. The molecule has 120 valence electrons. The van der Waals surface area contributed by atoms with Crippen molar-refractivity contribution in [3.8, 4) is 5.88 Å². The van der Waals surface area contributed by atoms with Crippen LogP contribution in [-0.4, -0.2) is 42.6 Å².